The number of halogens is 1. The standard InChI is InChI=1S/C23H32N4O4.HI/c1-24-23(25-11-3-12-30-17-19-9-14-29-15-10-19)26-16-18-5-7-20(8-6-18)27-22(28)21-4-2-13-31-21;/h2,4-8,13,19H,3,9-12,14-17H2,1H3,(H,27,28)(H2,24,25,26);1H. The fraction of sp³-hybridized carbons (Fsp3) is 0.478. The van der Waals surface area contributed by atoms with E-state index in [9.17, 15) is 4.79 Å². The van der Waals surface area contributed by atoms with Crippen molar-refractivity contribution in [3.05, 3.63) is 54.0 Å². The predicted molar refractivity (Wildman–Crippen MR) is 136 cm³/mol. The number of rotatable bonds is 10. The van der Waals surface area contributed by atoms with Crippen molar-refractivity contribution in [1.29, 1.82) is 0 Å². The molecular formula is C23H33IN4O4. The summed E-state index contributed by atoms with van der Waals surface area (Å²) < 4.78 is 16.3. The van der Waals surface area contributed by atoms with Gasteiger partial charge in [-0.3, -0.25) is 9.79 Å². The average molecular weight is 556 g/mol. The Balaban J connectivity index is 0.00000363. The van der Waals surface area contributed by atoms with Crippen LogP contribution in [0.5, 0.6) is 0 Å². The molecule has 0 bridgehead atoms. The van der Waals surface area contributed by atoms with Gasteiger partial charge in [0.2, 0.25) is 0 Å². The van der Waals surface area contributed by atoms with Gasteiger partial charge in [-0.15, -0.1) is 24.0 Å². The Bertz CT molecular complexity index is 806. The monoisotopic (exact) mass is 556 g/mol. The molecule has 0 atom stereocenters. The van der Waals surface area contributed by atoms with Crippen LogP contribution in [0.3, 0.4) is 0 Å². The number of nitrogens with one attached hydrogen (secondary N) is 3. The van der Waals surface area contributed by atoms with Gasteiger partial charge in [-0.05, 0) is 55.0 Å². The van der Waals surface area contributed by atoms with E-state index in [4.69, 9.17) is 13.9 Å². The smallest absolute Gasteiger partial charge is 0.291 e. The molecule has 1 aromatic heterocycles. The third-order valence-corrected chi connectivity index (χ3v) is 5.09. The number of nitrogens with zero attached hydrogens (tertiary/aromatic N) is 1. The molecule has 1 amide bonds. The number of amides is 1. The van der Waals surface area contributed by atoms with Crippen molar-refractivity contribution in [3.63, 3.8) is 0 Å². The summed E-state index contributed by atoms with van der Waals surface area (Å²) in [5.74, 6) is 1.41. The first-order valence-electron chi connectivity index (χ1n) is 10.8. The van der Waals surface area contributed by atoms with Crippen molar-refractivity contribution in [2.75, 3.05) is 45.3 Å². The van der Waals surface area contributed by atoms with Crippen LogP contribution in [0.25, 0.3) is 0 Å². The van der Waals surface area contributed by atoms with Crippen molar-refractivity contribution >= 4 is 41.5 Å². The van der Waals surface area contributed by atoms with Gasteiger partial charge in [0.25, 0.3) is 5.91 Å². The van der Waals surface area contributed by atoms with Crippen molar-refractivity contribution < 1.29 is 18.7 Å². The first kappa shape index (κ1) is 26.1. The van der Waals surface area contributed by atoms with Crippen LogP contribution in [0.15, 0.2) is 52.1 Å². The topological polar surface area (TPSA) is 97.1 Å². The minimum atomic E-state index is -0.266. The van der Waals surface area contributed by atoms with E-state index >= 15 is 0 Å². The molecule has 176 valence electrons. The first-order chi connectivity index (χ1) is 15.2. The largest absolute Gasteiger partial charge is 0.459 e. The molecule has 3 rings (SSSR count). The zero-order valence-corrected chi connectivity index (χ0v) is 20.8. The number of carbonyl (C=O) groups is 1. The second kappa shape index (κ2) is 14.9. The summed E-state index contributed by atoms with van der Waals surface area (Å²) in [4.78, 5) is 16.3. The second-order valence-corrected chi connectivity index (χ2v) is 7.47. The third-order valence-electron chi connectivity index (χ3n) is 5.09. The molecule has 1 fully saturated rings. The van der Waals surface area contributed by atoms with Gasteiger partial charge < -0.3 is 29.8 Å². The van der Waals surface area contributed by atoms with Crippen LogP contribution in [0.2, 0.25) is 0 Å². The van der Waals surface area contributed by atoms with E-state index in [2.05, 4.69) is 20.9 Å². The maximum Gasteiger partial charge on any atom is 0.291 e. The lowest BCUT2D eigenvalue weighted by atomic mass is 10.0. The Morgan fingerprint density at radius 1 is 1.16 bits per heavy atom. The molecule has 1 aliphatic heterocycles. The molecule has 2 heterocycles. The molecule has 9 heteroatoms. The highest BCUT2D eigenvalue weighted by Crippen LogP contribution is 2.14. The molecule has 0 radical (unpaired) electrons. The maximum absolute atomic E-state index is 12.0. The quantitative estimate of drug-likeness (QED) is 0.179. The molecular weight excluding hydrogens is 523 g/mol. The minimum Gasteiger partial charge on any atom is -0.459 e. The predicted octanol–water partition coefficient (Wildman–Crippen LogP) is 3.65. The van der Waals surface area contributed by atoms with Crippen molar-refractivity contribution in [1.82, 2.24) is 10.6 Å². The summed E-state index contributed by atoms with van der Waals surface area (Å²) in [6, 6.07) is 11.0. The summed E-state index contributed by atoms with van der Waals surface area (Å²) in [7, 11) is 1.75. The number of hydrogen-bond donors (Lipinski definition) is 3. The van der Waals surface area contributed by atoms with Gasteiger partial charge in [0.1, 0.15) is 0 Å². The number of ether oxygens (including phenoxy) is 2. The van der Waals surface area contributed by atoms with Gasteiger partial charge in [-0.25, -0.2) is 0 Å². The van der Waals surface area contributed by atoms with Crippen LogP contribution < -0.4 is 16.0 Å². The zero-order valence-electron chi connectivity index (χ0n) is 18.5. The number of benzene rings is 1. The van der Waals surface area contributed by atoms with E-state index < -0.39 is 0 Å². The van der Waals surface area contributed by atoms with Crippen LogP contribution in [-0.2, 0) is 16.0 Å². The number of aliphatic imine (C=N–C) groups is 1. The summed E-state index contributed by atoms with van der Waals surface area (Å²) in [6.07, 6.45) is 4.61. The lowest BCUT2D eigenvalue weighted by molar-refractivity contribution is 0.0203. The molecule has 0 saturated carbocycles. The zero-order chi connectivity index (χ0) is 21.7. The van der Waals surface area contributed by atoms with Gasteiger partial charge in [0, 0.05) is 52.3 Å². The van der Waals surface area contributed by atoms with Crippen LogP contribution in [0.1, 0.15) is 35.4 Å². The van der Waals surface area contributed by atoms with Crippen LogP contribution in [0, 0.1) is 5.92 Å². The van der Waals surface area contributed by atoms with Gasteiger partial charge in [0.15, 0.2) is 11.7 Å². The van der Waals surface area contributed by atoms with Crippen molar-refractivity contribution in [2.45, 2.75) is 25.8 Å². The fourth-order valence-electron chi connectivity index (χ4n) is 3.26. The third kappa shape index (κ3) is 9.17. The van der Waals surface area contributed by atoms with E-state index in [0.717, 1.165) is 63.8 Å². The second-order valence-electron chi connectivity index (χ2n) is 7.47. The molecule has 3 N–H and O–H groups in total. The SMILES string of the molecule is CN=C(NCCCOCC1CCOCC1)NCc1ccc(NC(=O)c2ccco2)cc1.I. The van der Waals surface area contributed by atoms with Crippen LogP contribution >= 0.6 is 24.0 Å². The van der Waals surface area contributed by atoms with E-state index in [0.29, 0.717) is 18.2 Å². The molecule has 0 spiro atoms. The summed E-state index contributed by atoms with van der Waals surface area (Å²) in [5, 5.41) is 9.40. The molecule has 1 saturated heterocycles. The average Bonchev–Trinajstić information content (AvgIpc) is 3.35. The lowest BCUT2D eigenvalue weighted by Crippen LogP contribution is -2.37. The molecule has 1 aromatic carbocycles. The molecule has 0 unspecified atom stereocenters. The highest BCUT2D eigenvalue weighted by atomic mass is 127. The van der Waals surface area contributed by atoms with Crippen LogP contribution in [0.4, 0.5) is 5.69 Å². The van der Waals surface area contributed by atoms with Gasteiger partial charge in [0.05, 0.1) is 6.26 Å². The van der Waals surface area contributed by atoms with Crippen molar-refractivity contribution in [2.24, 2.45) is 10.9 Å². The van der Waals surface area contributed by atoms with E-state index in [-0.39, 0.29) is 35.6 Å². The Morgan fingerprint density at radius 2 is 1.94 bits per heavy atom. The van der Waals surface area contributed by atoms with E-state index in [1.54, 1.807) is 19.2 Å². The first-order valence-corrected chi connectivity index (χ1v) is 10.8. The van der Waals surface area contributed by atoms with Crippen LogP contribution in [-0.4, -0.2) is 51.9 Å². The summed E-state index contributed by atoms with van der Waals surface area (Å²) in [6.45, 7) is 4.72. The van der Waals surface area contributed by atoms with Gasteiger partial charge in [-0.2, -0.15) is 0 Å². The Kier molecular flexibility index (Phi) is 12.1. The Morgan fingerprint density at radius 3 is 2.62 bits per heavy atom. The Labute approximate surface area is 206 Å². The number of furan rings is 1. The maximum atomic E-state index is 12.0. The lowest BCUT2D eigenvalue weighted by Gasteiger charge is -2.21. The van der Waals surface area contributed by atoms with E-state index in [1.165, 1.54) is 6.26 Å². The van der Waals surface area contributed by atoms with Gasteiger partial charge >= 0.3 is 0 Å². The summed E-state index contributed by atoms with van der Waals surface area (Å²) in [5.41, 5.74) is 1.80. The fourth-order valence-corrected chi connectivity index (χ4v) is 3.26. The van der Waals surface area contributed by atoms with E-state index in [1.807, 2.05) is 24.3 Å². The number of guanidine groups is 1. The number of carbonyl (C=O) groups excluding carboxylic acids is 1. The Hall–Kier alpha value is -2.11. The molecule has 8 nitrogen and oxygen atoms in total. The number of anilines is 1. The minimum absolute atomic E-state index is 0. The molecule has 1 aliphatic rings. The van der Waals surface area contributed by atoms with Gasteiger partial charge in [-0.1, -0.05) is 12.1 Å². The molecule has 0 aliphatic carbocycles. The highest BCUT2D eigenvalue weighted by Gasteiger charge is 2.13. The molecule has 32 heavy (non-hydrogen) atoms. The highest BCUT2D eigenvalue weighted by molar-refractivity contribution is 14.0. The summed E-state index contributed by atoms with van der Waals surface area (Å²) >= 11 is 0. The molecule has 2 aromatic rings. The van der Waals surface area contributed by atoms with Crippen molar-refractivity contribution in [3.8, 4) is 0 Å². The normalized spacial score (nSPS) is 14.5. The number of hydrogen-bond acceptors (Lipinski definition) is 5.